The number of phenols is 1. The van der Waals surface area contributed by atoms with Crippen LogP contribution in [0.25, 0.3) is 22.3 Å². The number of rotatable bonds is 2. The van der Waals surface area contributed by atoms with Crippen LogP contribution in [0.4, 0.5) is 0 Å². The second kappa shape index (κ2) is 9.54. The molecule has 134 valence electrons. The van der Waals surface area contributed by atoms with E-state index in [9.17, 15) is 5.11 Å². The van der Waals surface area contributed by atoms with E-state index in [2.05, 4.69) is 68.3 Å². The van der Waals surface area contributed by atoms with E-state index in [0.29, 0.717) is 0 Å². The normalized spacial score (nSPS) is 10.0. The first-order chi connectivity index (χ1) is 13.2. The molecule has 0 aliphatic carbocycles. The minimum absolute atomic E-state index is 0.270. The molecular weight excluding hydrogens is 464 g/mol. The van der Waals surface area contributed by atoms with Crippen molar-refractivity contribution >= 4 is 31.9 Å². The third kappa shape index (κ3) is 5.09. The first-order valence-electron chi connectivity index (χ1n) is 8.49. The van der Waals surface area contributed by atoms with Crippen molar-refractivity contribution < 1.29 is 5.11 Å². The second-order valence-corrected chi connectivity index (χ2v) is 7.50. The molecule has 0 fully saturated rings. The molecule has 0 heterocycles. The van der Waals surface area contributed by atoms with Crippen molar-refractivity contribution in [3.63, 3.8) is 0 Å². The first-order valence-corrected chi connectivity index (χ1v) is 10.1. The van der Waals surface area contributed by atoms with Crippen molar-refractivity contribution in [1.29, 1.82) is 0 Å². The zero-order chi connectivity index (χ0) is 19.1. The van der Waals surface area contributed by atoms with Crippen molar-refractivity contribution in [2.45, 2.75) is 0 Å². The van der Waals surface area contributed by atoms with Crippen LogP contribution in [0.1, 0.15) is 0 Å². The average molecular weight is 482 g/mol. The molecule has 4 aromatic rings. The van der Waals surface area contributed by atoms with Crippen LogP contribution < -0.4 is 0 Å². The molecule has 3 heteroatoms. The molecule has 0 amide bonds. The van der Waals surface area contributed by atoms with Crippen LogP contribution in [-0.2, 0) is 0 Å². The molecule has 0 saturated heterocycles. The summed E-state index contributed by atoms with van der Waals surface area (Å²) in [6.45, 7) is 0. The molecule has 1 nitrogen and oxygen atoms in total. The number of aromatic hydroxyl groups is 1. The van der Waals surface area contributed by atoms with Gasteiger partial charge in [-0.1, -0.05) is 107 Å². The predicted octanol–water partition coefficient (Wildman–Crippen LogP) is 7.94. The Balaban J connectivity index is 0.000000156. The quantitative estimate of drug-likeness (QED) is 0.308. The molecule has 0 unspecified atom stereocenters. The highest BCUT2D eigenvalue weighted by Crippen LogP contribution is 2.34. The van der Waals surface area contributed by atoms with Gasteiger partial charge in [-0.15, -0.1) is 0 Å². The highest BCUT2D eigenvalue weighted by Gasteiger charge is 2.05. The summed E-state index contributed by atoms with van der Waals surface area (Å²) in [6.07, 6.45) is 0. The molecule has 0 spiro atoms. The number of benzene rings is 4. The van der Waals surface area contributed by atoms with Gasteiger partial charge in [0.25, 0.3) is 0 Å². The smallest absolute Gasteiger partial charge is 0.130 e. The zero-order valence-electron chi connectivity index (χ0n) is 14.5. The summed E-state index contributed by atoms with van der Waals surface area (Å²) in [5.41, 5.74) is 4.58. The maximum Gasteiger partial charge on any atom is 0.130 e. The molecule has 0 aliphatic rings. The van der Waals surface area contributed by atoms with E-state index in [-0.39, 0.29) is 5.75 Å². The SMILES string of the molecule is Brc1ccccc1-c1ccccc1.Oc1cccc(-c2ccccc2)c1Br. The molecule has 0 saturated carbocycles. The van der Waals surface area contributed by atoms with Crippen LogP contribution in [0.5, 0.6) is 5.75 Å². The second-order valence-electron chi connectivity index (χ2n) is 5.85. The van der Waals surface area contributed by atoms with Crippen molar-refractivity contribution in [1.82, 2.24) is 0 Å². The molecular formula is C24H18Br2O. The van der Waals surface area contributed by atoms with Crippen molar-refractivity contribution in [3.8, 4) is 28.0 Å². The summed E-state index contributed by atoms with van der Waals surface area (Å²) in [7, 11) is 0. The van der Waals surface area contributed by atoms with Gasteiger partial charge in [0.15, 0.2) is 0 Å². The van der Waals surface area contributed by atoms with E-state index < -0.39 is 0 Å². The Bertz CT molecular complexity index is 999. The molecule has 4 rings (SSSR count). The van der Waals surface area contributed by atoms with Crippen LogP contribution in [0.3, 0.4) is 0 Å². The monoisotopic (exact) mass is 480 g/mol. The van der Waals surface area contributed by atoms with Crippen molar-refractivity contribution in [2.24, 2.45) is 0 Å². The van der Waals surface area contributed by atoms with Gasteiger partial charge in [-0.25, -0.2) is 0 Å². The molecule has 0 atom stereocenters. The largest absolute Gasteiger partial charge is 0.507 e. The van der Waals surface area contributed by atoms with Crippen LogP contribution in [0.2, 0.25) is 0 Å². The zero-order valence-corrected chi connectivity index (χ0v) is 17.7. The van der Waals surface area contributed by atoms with Gasteiger partial charge < -0.3 is 5.11 Å². The Morgan fingerprint density at radius 3 is 1.56 bits per heavy atom. The predicted molar refractivity (Wildman–Crippen MR) is 121 cm³/mol. The maximum absolute atomic E-state index is 9.51. The van der Waals surface area contributed by atoms with Gasteiger partial charge in [0.2, 0.25) is 0 Å². The van der Waals surface area contributed by atoms with Gasteiger partial charge in [-0.2, -0.15) is 0 Å². The Morgan fingerprint density at radius 2 is 0.963 bits per heavy atom. The summed E-state index contributed by atoms with van der Waals surface area (Å²) in [6, 6.07) is 34.0. The fourth-order valence-electron chi connectivity index (χ4n) is 2.67. The lowest BCUT2D eigenvalue weighted by molar-refractivity contribution is 0.472. The summed E-state index contributed by atoms with van der Waals surface area (Å²) in [5, 5.41) is 9.51. The molecule has 0 bridgehead atoms. The maximum atomic E-state index is 9.51. The van der Waals surface area contributed by atoms with Gasteiger partial charge in [0, 0.05) is 4.47 Å². The molecule has 27 heavy (non-hydrogen) atoms. The number of halogens is 2. The number of phenolic OH excluding ortho intramolecular Hbond substituents is 1. The van der Waals surface area contributed by atoms with Crippen molar-refractivity contribution in [3.05, 3.63) is 112 Å². The molecule has 0 aliphatic heterocycles. The van der Waals surface area contributed by atoms with E-state index in [1.165, 1.54) is 11.1 Å². The topological polar surface area (TPSA) is 20.2 Å². The minimum atomic E-state index is 0.270. The van der Waals surface area contributed by atoms with E-state index in [4.69, 9.17) is 0 Å². The van der Waals surface area contributed by atoms with Gasteiger partial charge >= 0.3 is 0 Å². The lowest BCUT2D eigenvalue weighted by atomic mass is 10.1. The fourth-order valence-corrected chi connectivity index (χ4v) is 3.68. The Morgan fingerprint density at radius 1 is 0.481 bits per heavy atom. The standard InChI is InChI=1S/C12H9BrO.C12H9Br/c13-12-10(7-4-8-11(12)14)9-5-2-1-3-6-9;13-12-9-5-4-8-11(12)10-6-2-1-3-7-10/h1-8,14H;1-9H. The molecule has 1 N–H and O–H groups in total. The third-order valence-corrected chi connectivity index (χ3v) is 5.55. The Labute approximate surface area is 176 Å². The van der Waals surface area contributed by atoms with Gasteiger partial charge in [0.05, 0.1) is 4.47 Å². The van der Waals surface area contributed by atoms with Gasteiger partial charge in [0.1, 0.15) is 5.75 Å². The highest BCUT2D eigenvalue weighted by molar-refractivity contribution is 9.11. The average Bonchev–Trinajstić information content (AvgIpc) is 2.72. The summed E-state index contributed by atoms with van der Waals surface area (Å²) in [5.74, 6) is 0.270. The fraction of sp³-hybridized carbons (Fsp3) is 0. The number of hydrogen-bond donors (Lipinski definition) is 1. The van der Waals surface area contributed by atoms with E-state index >= 15 is 0 Å². The molecule has 4 aromatic carbocycles. The van der Waals surface area contributed by atoms with E-state index in [0.717, 1.165) is 20.1 Å². The summed E-state index contributed by atoms with van der Waals surface area (Å²) >= 11 is 6.90. The summed E-state index contributed by atoms with van der Waals surface area (Å²) < 4.78 is 1.88. The van der Waals surface area contributed by atoms with Gasteiger partial charge in [-0.05, 0) is 50.3 Å². The van der Waals surface area contributed by atoms with Crippen molar-refractivity contribution in [2.75, 3.05) is 0 Å². The highest BCUT2D eigenvalue weighted by atomic mass is 79.9. The number of hydrogen-bond acceptors (Lipinski definition) is 1. The Kier molecular flexibility index (Phi) is 6.86. The Hall–Kier alpha value is -2.36. The van der Waals surface area contributed by atoms with Crippen LogP contribution >= 0.6 is 31.9 Å². The van der Waals surface area contributed by atoms with Crippen LogP contribution in [0.15, 0.2) is 112 Å². The van der Waals surface area contributed by atoms with Gasteiger partial charge in [-0.3, -0.25) is 0 Å². The lowest BCUT2D eigenvalue weighted by Gasteiger charge is -2.05. The van der Waals surface area contributed by atoms with E-state index in [1.54, 1.807) is 6.07 Å². The van der Waals surface area contributed by atoms with Crippen LogP contribution in [-0.4, -0.2) is 5.11 Å². The van der Waals surface area contributed by atoms with Crippen LogP contribution in [0, 0.1) is 0 Å². The summed E-state index contributed by atoms with van der Waals surface area (Å²) in [4.78, 5) is 0. The molecule has 0 aromatic heterocycles. The lowest BCUT2D eigenvalue weighted by Crippen LogP contribution is -1.79. The molecule has 0 radical (unpaired) electrons. The minimum Gasteiger partial charge on any atom is -0.507 e. The van der Waals surface area contributed by atoms with E-state index in [1.807, 2.05) is 60.7 Å². The third-order valence-electron chi connectivity index (χ3n) is 4.02. The first kappa shape index (κ1) is 19.4.